The third kappa shape index (κ3) is 5.33. The number of hydrogen-bond acceptors (Lipinski definition) is 3. The molecule has 3 aromatic rings. The molecule has 0 saturated carbocycles. The zero-order chi connectivity index (χ0) is 22.6. The average Bonchev–Trinajstić information content (AvgIpc) is 2.76. The molecule has 162 valence electrons. The van der Waals surface area contributed by atoms with E-state index in [2.05, 4.69) is 0 Å². The van der Waals surface area contributed by atoms with Crippen molar-refractivity contribution in [2.75, 3.05) is 17.9 Å². The van der Waals surface area contributed by atoms with Crippen LogP contribution in [0.5, 0.6) is 0 Å². The van der Waals surface area contributed by atoms with Gasteiger partial charge >= 0.3 is 0 Å². The number of benzene rings is 3. The summed E-state index contributed by atoms with van der Waals surface area (Å²) in [7, 11) is -2.21. The van der Waals surface area contributed by atoms with Crippen LogP contribution < -0.4 is 4.31 Å². The Morgan fingerprint density at radius 2 is 1.48 bits per heavy atom. The van der Waals surface area contributed by atoms with Gasteiger partial charge < -0.3 is 4.90 Å². The first-order valence-corrected chi connectivity index (χ1v) is 11.6. The maximum Gasteiger partial charge on any atom is 0.264 e. The highest BCUT2D eigenvalue weighted by atomic mass is 32.2. The molecule has 3 aromatic carbocycles. The van der Waals surface area contributed by atoms with Gasteiger partial charge in [0.2, 0.25) is 5.91 Å². The zero-order valence-corrected chi connectivity index (χ0v) is 19.2. The standard InChI is InChI=1S/C25H28N2O3S/c1-19-10-13-22(14-11-19)17-26(4)25(28)18-27(23-15-12-20(2)21(3)16-23)31(29,30)24-8-6-5-7-9-24/h5-16H,17-18H2,1-4H3. The second kappa shape index (κ2) is 9.35. The zero-order valence-electron chi connectivity index (χ0n) is 18.4. The summed E-state index contributed by atoms with van der Waals surface area (Å²) in [4.78, 5) is 14.8. The lowest BCUT2D eigenvalue weighted by molar-refractivity contribution is -0.128. The molecule has 0 saturated heterocycles. The highest BCUT2D eigenvalue weighted by molar-refractivity contribution is 7.92. The van der Waals surface area contributed by atoms with Crippen molar-refractivity contribution in [1.82, 2.24) is 4.90 Å². The molecule has 0 atom stereocenters. The van der Waals surface area contributed by atoms with Crippen LogP contribution in [0.2, 0.25) is 0 Å². The van der Waals surface area contributed by atoms with Crippen molar-refractivity contribution in [3.05, 3.63) is 95.1 Å². The van der Waals surface area contributed by atoms with Crippen LogP contribution in [0.1, 0.15) is 22.3 Å². The van der Waals surface area contributed by atoms with Gasteiger partial charge in [-0.2, -0.15) is 0 Å². The van der Waals surface area contributed by atoms with Gasteiger partial charge in [0.15, 0.2) is 0 Å². The maximum absolute atomic E-state index is 13.4. The molecule has 31 heavy (non-hydrogen) atoms. The van der Waals surface area contributed by atoms with Gasteiger partial charge in [0.25, 0.3) is 10.0 Å². The number of rotatable bonds is 7. The Balaban J connectivity index is 1.91. The summed E-state index contributed by atoms with van der Waals surface area (Å²) in [6.07, 6.45) is 0. The van der Waals surface area contributed by atoms with E-state index in [9.17, 15) is 13.2 Å². The number of nitrogens with zero attached hydrogens (tertiary/aromatic N) is 2. The second-order valence-electron chi connectivity index (χ2n) is 7.83. The van der Waals surface area contributed by atoms with Crippen molar-refractivity contribution in [2.24, 2.45) is 0 Å². The van der Waals surface area contributed by atoms with Crippen molar-refractivity contribution in [2.45, 2.75) is 32.2 Å². The van der Waals surface area contributed by atoms with E-state index >= 15 is 0 Å². The molecule has 5 nitrogen and oxygen atoms in total. The van der Waals surface area contributed by atoms with Gasteiger partial charge in [-0.1, -0.05) is 54.1 Å². The van der Waals surface area contributed by atoms with Crippen molar-refractivity contribution < 1.29 is 13.2 Å². The largest absolute Gasteiger partial charge is 0.340 e. The molecule has 0 aliphatic heterocycles. The summed E-state index contributed by atoms with van der Waals surface area (Å²) >= 11 is 0. The van der Waals surface area contributed by atoms with Crippen molar-refractivity contribution >= 4 is 21.6 Å². The third-order valence-electron chi connectivity index (χ3n) is 5.35. The fourth-order valence-corrected chi connectivity index (χ4v) is 4.64. The van der Waals surface area contributed by atoms with Crippen LogP contribution in [0.4, 0.5) is 5.69 Å². The molecule has 0 N–H and O–H groups in total. The van der Waals surface area contributed by atoms with Gasteiger partial charge in [-0.15, -0.1) is 0 Å². The van der Waals surface area contributed by atoms with Crippen molar-refractivity contribution in [1.29, 1.82) is 0 Å². The number of carbonyl (C=O) groups is 1. The van der Waals surface area contributed by atoms with Gasteiger partial charge in [0.1, 0.15) is 6.54 Å². The van der Waals surface area contributed by atoms with Gasteiger partial charge in [0, 0.05) is 13.6 Å². The monoisotopic (exact) mass is 436 g/mol. The molecule has 0 aromatic heterocycles. The summed E-state index contributed by atoms with van der Waals surface area (Å²) < 4.78 is 28.1. The van der Waals surface area contributed by atoms with Gasteiger partial charge in [-0.25, -0.2) is 8.42 Å². The van der Waals surface area contributed by atoms with Crippen molar-refractivity contribution in [3.8, 4) is 0 Å². The molecule has 0 radical (unpaired) electrons. The molecule has 0 bridgehead atoms. The SMILES string of the molecule is Cc1ccc(CN(C)C(=O)CN(c2ccc(C)c(C)c2)S(=O)(=O)c2ccccc2)cc1. The quantitative estimate of drug-likeness (QED) is 0.549. The molecule has 0 spiro atoms. The summed E-state index contributed by atoms with van der Waals surface area (Å²) in [6.45, 7) is 6.04. The van der Waals surface area contributed by atoms with E-state index in [1.54, 1.807) is 48.3 Å². The molecule has 3 rings (SSSR count). The van der Waals surface area contributed by atoms with Gasteiger partial charge in [-0.05, 0) is 61.7 Å². The minimum Gasteiger partial charge on any atom is -0.340 e. The normalized spacial score (nSPS) is 11.2. The molecule has 1 amide bonds. The highest BCUT2D eigenvalue weighted by Crippen LogP contribution is 2.26. The van der Waals surface area contributed by atoms with E-state index < -0.39 is 10.0 Å². The molecule has 0 heterocycles. The maximum atomic E-state index is 13.4. The lowest BCUT2D eigenvalue weighted by atomic mass is 10.1. The lowest BCUT2D eigenvalue weighted by Gasteiger charge is -2.27. The minimum atomic E-state index is -3.90. The Morgan fingerprint density at radius 1 is 0.839 bits per heavy atom. The Hall–Kier alpha value is -3.12. The Bertz CT molecular complexity index is 1160. The number of likely N-dealkylation sites (N-methyl/N-ethyl adjacent to an activating group) is 1. The molecular formula is C25H28N2O3S. The van der Waals surface area contributed by atoms with Crippen molar-refractivity contribution in [3.63, 3.8) is 0 Å². The number of anilines is 1. The minimum absolute atomic E-state index is 0.155. The number of amides is 1. The van der Waals surface area contributed by atoms with Crippen LogP contribution in [0.3, 0.4) is 0 Å². The number of aryl methyl sites for hydroxylation is 3. The summed E-state index contributed by atoms with van der Waals surface area (Å²) in [5.74, 6) is -0.279. The predicted octanol–water partition coefficient (Wildman–Crippen LogP) is 4.47. The van der Waals surface area contributed by atoms with Crippen LogP contribution in [0.25, 0.3) is 0 Å². The average molecular weight is 437 g/mol. The van der Waals surface area contributed by atoms with E-state index in [1.165, 1.54) is 4.31 Å². The molecule has 6 heteroatoms. The number of hydrogen-bond donors (Lipinski definition) is 0. The van der Waals surface area contributed by atoms with Gasteiger partial charge in [-0.3, -0.25) is 9.10 Å². The first kappa shape index (κ1) is 22.6. The molecule has 0 fully saturated rings. The first-order chi connectivity index (χ1) is 14.7. The van der Waals surface area contributed by atoms with E-state index in [0.29, 0.717) is 12.2 Å². The highest BCUT2D eigenvalue weighted by Gasteiger charge is 2.28. The summed E-state index contributed by atoms with van der Waals surface area (Å²) in [6, 6.07) is 21.6. The lowest BCUT2D eigenvalue weighted by Crippen LogP contribution is -2.41. The molecule has 0 unspecified atom stereocenters. The van der Waals surface area contributed by atoms with E-state index in [4.69, 9.17) is 0 Å². The molecule has 0 aliphatic carbocycles. The van der Waals surface area contributed by atoms with Crippen LogP contribution in [0, 0.1) is 20.8 Å². The summed E-state index contributed by atoms with van der Waals surface area (Å²) in [5.41, 5.74) is 4.64. The predicted molar refractivity (Wildman–Crippen MR) is 125 cm³/mol. The van der Waals surface area contributed by atoms with E-state index in [-0.39, 0.29) is 17.3 Å². The van der Waals surface area contributed by atoms with Gasteiger partial charge in [0.05, 0.1) is 10.6 Å². The summed E-state index contributed by atoms with van der Waals surface area (Å²) in [5, 5.41) is 0. The second-order valence-corrected chi connectivity index (χ2v) is 9.69. The van der Waals surface area contributed by atoms with E-state index in [0.717, 1.165) is 22.3 Å². The Labute approximate surface area is 185 Å². The molecule has 0 aliphatic rings. The fourth-order valence-electron chi connectivity index (χ4n) is 3.21. The molecular weight excluding hydrogens is 408 g/mol. The van der Waals surface area contributed by atoms with Crippen LogP contribution in [-0.4, -0.2) is 32.8 Å². The first-order valence-electron chi connectivity index (χ1n) is 10.1. The van der Waals surface area contributed by atoms with Crippen LogP contribution in [-0.2, 0) is 21.4 Å². The van der Waals surface area contributed by atoms with Crippen LogP contribution in [0.15, 0.2) is 77.7 Å². The topological polar surface area (TPSA) is 57.7 Å². The third-order valence-corrected chi connectivity index (χ3v) is 7.14. The van der Waals surface area contributed by atoms with Crippen LogP contribution >= 0.6 is 0 Å². The number of carbonyl (C=O) groups excluding carboxylic acids is 1. The fraction of sp³-hybridized carbons (Fsp3) is 0.240. The smallest absolute Gasteiger partial charge is 0.264 e. The Morgan fingerprint density at radius 3 is 2.10 bits per heavy atom. The number of sulfonamides is 1. The Kier molecular flexibility index (Phi) is 6.81. The van der Waals surface area contributed by atoms with E-state index in [1.807, 2.05) is 57.2 Å².